The Morgan fingerprint density at radius 3 is 1.22 bits per heavy atom. The van der Waals surface area contributed by atoms with E-state index in [1.807, 2.05) is 36.4 Å². The van der Waals surface area contributed by atoms with Crippen LogP contribution in [0.4, 0.5) is 11.4 Å². The van der Waals surface area contributed by atoms with Crippen molar-refractivity contribution in [2.75, 3.05) is 53.3 Å². The van der Waals surface area contributed by atoms with Gasteiger partial charge in [0.2, 0.25) is 11.5 Å². The molecular weight excluding hydrogens is 861 g/mol. The van der Waals surface area contributed by atoms with Crippen LogP contribution in [0.5, 0.6) is 34.5 Å². The first-order chi connectivity index (χ1) is 31.1. The smallest absolute Gasteiger partial charge is 0.255 e. The number of carbonyl (C=O) groups is 2. The minimum Gasteiger partial charge on any atom is -0.493 e. The zero-order valence-electron chi connectivity index (χ0n) is 35.4. The maximum atomic E-state index is 13.0. The van der Waals surface area contributed by atoms with E-state index < -0.39 is 0 Å². The fraction of sp³-hybridized carbons (Fsp3) is 0.174. The van der Waals surface area contributed by atoms with Gasteiger partial charge in [-0.15, -0.1) is 22.7 Å². The lowest BCUT2D eigenvalue weighted by molar-refractivity contribution is 0.101. The van der Waals surface area contributed by atoms with Gasteiger partial charge in [0.15, 0.2) is 23.0 Å². The normalized spacial score (nSPS) is 10.8. The van der Waals surface area contributed by atoms with Crippen LogP contribution in [-0.2, 0) is 13.2 Å². The Morgan fingerprint density at radius 2 is 0.906 bits per heavy atom. The number of amides is 2. The molecule has 0 aliphatic rings. The predicted octanol–water partition coefficient (Wildman–Crippen LogP) is 8.26. The molecule has 64 heavy (non-hydrogen) atoms. The zero-order chi connectivity index (χ0) is 45.3. The lowest BCUT2D eigenvalue weighted by Gasteiger charge is -2.14. The molecule has 328 valence electrons. The van der Waals surface area contributed by atoms with Gasteiger partial charge in [-0.1, -0.05) is 0 Å². The van der Waals surface area contributed by atoms with Crippen LogP contribution in [0, 0.1) is 0 Å². The predicted molar refractivity (Wildman–Crippen MR) is 246 cm³/mol. The first kappa shape index (κ1) is 44.7. The summed E-state index contributed by atoms with van der Waals surface area (Å²) < 4.78 is 33.9. The third-order valence-corrected chi connectivity index (χ3v) is 11.7. The number of aliphatic hydroxyl groups excluding tert-OH is 2. The largest absolute Gasteiger partial charge is 0.493 e. The highest BCUT2D eigenvalue weighted by molar-refractivity contribution is 7.22. The summed E-state index contributed by atoms with van der Waals surface area (Å²) in [5.74, 6) is 1.60. The van der Waals surface area contributed by atoms with E-state index in [1.54, 1.807) is 61.2 Å². The van der Waals surface area contributed by atoms with Crippen LogP contribution in [0.1, 0.15) is 31.8 Å². The van der Waals surface area contributed by atoms with Crippen LogP contribution in [-0.4, -0.2) is 84.6 Å². The molecule has 8 rings (SSSR count). The molecule has 0 saturated heterocycles. The summed E-state index contributed by atoms with van der Waals surface area (Å²) in [6.45, 7) is -0.347. The van der Waals surface area contributed by atoms with E-state index >= 15 is 0 Å². The topological polar surface area (TPSA) is 206 Å². The number of benzene rings is 4. The van der Waals surface area contributed by atoms with Crippen molar-refractivity contribution >= 4 is 66.3 Å². The van der Waals surface area contributed by atoms with Crippen molar-refractivity contribution in [2.24, 2.45) is 0 Å². The SMILES string of the molecule is COc1cc(C(=O)Nc2cc(CO)cc(-c3nc4ccncc4s3)c2)cc(OC)c1OC.COc1cc(C(=O)Nc2cc(CO)cc(-c3nc4ccncc4s3)c2)cc(OC)c1OC. The molecule has 0 atom stereocenters. The number of carbonyl (C=O) groups excluding carboxylic acids is 2. The summed E-state index contributed by atoms with van der Waals surface area (Å²) in [5, 5.41) is 26.8. The summed E-state index contributed by atoms with van der Waals surface area (Å²) in [6, 6.07) is 20.8. The molecular formula is C46H42N6O10S2. The number of nitrogens with zero attached hydrogens (tertiary/aromatic N) is 4. The lowest BCUT2D eigenvalue weighted by Crippen LogP contribution is -2.13. The molecule has 16 nitrogen and oxygen atoms in total. The molecule has 0 radical (unpaired) electrons. The van der Waals surface area contributed by atoms with Crippen molar-refractivity contribution in [3.8, 4) is 55.6 Å². The molecule has 0 fully saturated rings. The third kappa shape index (κ3) is 9.79. The van der Waals surface area contributed by atoms with Gasteiger partial charge in [-0.2, -0.15) is 0 Å². The minimum absolute atomic E-state index is 0.173. The van der Waals surface area contributed by atoms with Crippen LogP contribution < -0.4 is 39.1 Å². The Bertz CT molecular complexity index is 2660. The maximum Gasteiger partial charge on any atom is 0.255 e. The summed E-state index contributed by atoms with van der Waals surface area (Å²) in [6.07, 6.45) is 6.91. The first-order valence-corrected chi connectivity index (χ1v) is 20.9. The molecule has 8 aromatic rings. The highest BCUT2D eigenvalue weighted by atomic mass is 32.1. The molecule has 0 spiro atoms. The van der Waals surface area contributed by atoms with Crippen molar-refractivity contribution in [3.05, 3.63) is 120 Å². The average molecular weight is 903 g/mol. The monoisotopic (exact) mass is 902 g/mol. The molecule has 0 bridgehead atoms. The average Bonchev–Trinajstić information content (AvgIpc) is 3.98. The van der Waals surface area contributed by atoms with Crippen LogP contribution in [0.15, 0.2) is 97.6 Å². The van der Waals surface area contributed by atoms with E-state index in [0.717, 1.165) is 41.6 Å². The second-order valence-electron chi connectivity index (χ2n) is 13.6. The van der Waals surface area contributed by atoms with Crippen LogP contribution in [0.25, 0.3) is 41.6 Å². The number of anilines is 2. The number of aromatic nitrogens is 4. The number of hydrogen-bond acceptors (Lipinski definition) is 16. The number of aliphatic hydroxyl groups is 2. The summed E-state index contributed by atoms with van der Waals surface area (Å²) in [7, 11) is 8.96. The first-order valence-electron chi connectivity index (χ1n) is 19.3. The van der Waals surface area contributed by atoms with E-state index in [4.69, 9.17) is 28.4 Å². The van der Waals surface area contributed by atoms with Gasteiger partial charge in [-0.25, -0.2) is 9.97 Å². The van der Waals surface area contributed by atoms with Gasteiger partial charge in [0, 0.05) is 58.4 Å². The van der Waals surface area contributed by atoms with Crippen LogP contribution in [0.3, 0.4) is 0 Å². The van der Waals surface area contributed by atoms with Crippen molar-refractivity contribution in [3.63, 3.8) is 0 Å². The Balaban J connectivity index is 0.000000191. The molecule has 18 heteroatoms. The van der Waals surface area contributed by atoms with Gasteiger partial charge in [0.05, 0.1) is 76.3 Å². The molecule has 4 aromatic heterocycles. The second-order valence-corrected chi connectivity index (χ2v) is 15.7. The number of nitrogens with one attached hydrogen (secondary N) is 2. The second kappa shape index (κ2) is 20.2. The Morgan fingerprint density at radius 1 is 0.531 bits per heavy atom. The van der Waals surface area contributed by atoms with Gasteiger partial charge >= 0.3 is 0 Å². The van der Waals surface area contributed by atoms with Gasteiger partial charge in [0.25, 0.3) is 11.8 Å². The highest BCUT2D eigenvalue weighted by Crippen LogP contribution is 2.40. The van der Waals surface area contributed by atoms with Crippen molar-refractivity contribution < 1.29 is 48.2 Å². The summed E-state index contributed by atoms with van der Waals surface area (Å²) in [5.41, 5.74) is 6.30. The number of thiazole rings is 2. The molecule has 4 aromatic carbocycles. The zero-order valence-corrected chi connectivity index (χ0v) is 37.1. The van der Waals surface area contributed by atoms with Gasteiger partial charge in [0.1, 0.15) is 10.0 Å². The number of methoxy groups -OCH3 is 6. The number of rotatable bonds is 14. The Hall–Kier alpha value is -7.38. The number of pyridine rings is 2. The van der Waals surface area contributed by atoms with E-state index in [0.29, 0.717) is 68.1 Å². The van der Waals surface area contributed by atoms with Crippen LogP contribution in [0.2, 0.25) is 0 Å². The molecule has 0 unspecified atom stereocenters. The summed E-state index contributed by atoms with van der Waals surface area (Å²) >= 11 is 2.99. The van der Waals surface area contributed by atoms with E-state index in [9.17, 15) is 19.8 Å². The third-order valence-electron chi connectivity index (χ3n) is 9.60. The van der Waals surface area contributed by atoms with E-state index in [1.165, 1.54) is 65.3 Å². The van der Waals surface area contributed by atoms with E-state index in [-0.39, 0.29) is 25.0 Å². The van der Waals surface area contributed by atoms with Gasteiger partial charge < -0.3 is 49.3 Å². The van der Waals surface area contributed by atoms with Gasteiger partial charge in [-0.05, 0) is 83.9 Å². The molecule has 0 aliphatic carbocycles. The maximum absolute atomic E-state index is 13.0. The standard InChI is InChI=1S/2C23H21N3O5S/c2*1-29-18-9-14(10-19(30-2)21(18)31-3)22(28)25-16-7-13(12-27)6-15(8-16)23-26-17-4-5-24-11-20(17)32-23/h2*4-11,27H,12H2,1-3H3,(H,25,28). The van der Waals surface area contributed by atoms with Crippen molar-refractivity contribution in [1.29, 1.82) is 0 Å². The van der Waals surface area contributed by atoms with Crippen molar-refractivity contribution in [1.82, 2.24) is 19.9 Å². The lowest BCUT2D eigenvalue weighted by atomic mass is 10.1. The van der Waals surface area contributed by atoms with E-state index in [2.05, 4.69) is 30.6 Å². The fourth-order valence-corrected chi connectivity index (χ4v) is 8.44. The minimum atomic E-state index is -0.362. The molecule has 4 heterocycles. The molecule has 0 aliphatic heterocycles. The number of ether oxygens (including phenoxy) is 6. The van der Waals surface area contributed by atoms with Crippen LogP contribution >= 0.6 is 22.7 Å². The molecule has 2 amide bonds. The van der Waals surface area contributed by atoms with Crippen molar-refractivity contribution in [2.45, 2.75) is 13.2 Å². The quantitative estimate of drug-likeness (QED) is 0.0811. The summed E-state index contributed by atoms with van der Waals surface area (Å²) in [4.78, 5) is 43.5. The number of hydrogen-bond donors (Lipinski definition) is 4. The Kier molecular flexibility index (Phi) is 14.1. The number of fused-ring (bicyclic) bond motifs is 2. The van der Waals surface area contributed by atoms with Gasteiger partial charge in [-0.3, -0.25) is 19.6 Å². The molecule has 4 N–H and O–H groups in total. The highest BCUT2D eigenvalue weighted by Gasteiger charge is 2.20. The Labute approximate surface area is 375 Å². The molecule has 0 saturated carbocycles. The fourth-order valence-electron chi connectivity index (χ4n) is 6.60.